The lowest BCUT2D eigenvalue weighted by Gasteiger charge is -2.25. The third-order valence-electron chi connectivity index (χ3n) is 6.03. The van der Waals surface area contributed by atoms with Crippen molar-refractivity contribution < 1.29 is 19.1 Å². The SMILES string of the molecule is CC(C)C[C@H](NC(=O)OCC1c2ccccc2-c2ccccc21)C(=O)N[C@H](C(=O)N=[N+]=[N-])C(C)C. The molecule has 2 atom stereocenters. The summed E-state index contributed by atoms with van der Waals surface area (Å²) >= 11 is 0. The maximum atomic E-state index is 13.0. The van der Waals surface area contributed by atoms with Gasteiger partial charge < -0.3 is 15.4 Å². The van der Waals surface area contributed by atoms with Gasteiger partial charge >= 0.3 is 6.09 Å². The van der Waals surface area contributed by atoms with Crippen LogP contribution in [0, 0.1) is 11.8 Å². The zero-order chi connectivity index (χ0) is 25.5. The van der Waals surface area contributed by atoms with Gasteiger partial charge in [0.2, 0.25) is 11.8 Å². The van der Waals surface area contributed by atoms with Crippen molar-refractivity contribution in [3.63, 3.8) is 0 Å². The summed E-state index contributed by atoms with van der Waals surface area (Å²) in [6.07, 6.45) is -0.369. The van der Waals surface area contributed by atoms with Crippen LogP contribution in [0.15, 0.2) is 53.6 Å². The largest absolute Gasteiger partial charge is 0.449 e. The summed E-state index contributed by atoms with van der Waals surface area (Å²) in [5.41, 5.74) is 13.0. The van der Waals surface area contributed by atoms with Crippen LogP contribution in [-0.2, 0) is 14.3 Å². The molecule has 0 fully saturated rings. The fourth-order valence-corrected chi connectivity index (χ4v) is 4.36. The standard InChI is InChI=1S/C26H31N5O4/c1-15(2)13-22(24(32)29-23(16(3)4)25(33)30-31-27)28-26(34)35-14-21-19-11-7-5-9-17(19)18-10-6-8-12-20(18)21/h5-12,15-16,21-23H,13-14H2,1-4H3,(H,28,34)(H,29,32)/t22-,23-/m0/s1. The molecular weight excluding hydrogens is 446 g/mol. The number of alkyl carbamates (subject to hydrolysis) is 1. The molecule has 0 radical (unpaired) electrons. The van der Waals surface area contributed by atoms with Crippen molar-refractivity contribution in [3.8, 4) is 11.1 Å². The third kappa shape index (κ3) is 6.19. The fourth-order valence-electron chi connectivity index (χ4n) is 4.36. The van der Waals surface area contributed by atoms with E-state index in [0.29, 0.717) is 6.42 Å². The van der Waals surface area contributed by atoms with Crippen LogP contribution in [0.4, 0.5) is 4.79 Å². The van der Waals surface area contributed by atoms with Gasteiger partial charge in [-0.1, -0.05) is 76.2 Å². The Hall–Kier alpha value is -3.84. The summed E-state index contributed by atoms with van der Waals surface area (Å²) in [4.78, 5) is 40.3. The van der Waals surface area contributed by atoms with Gasteiger partial charge in [-0.05, 0) is 51.2 Å². The van der Waals surface area contributed by atoms with Gasteiger partial charge in [0.25, 0.3) is 0 Å². The van der Waals surface area contributed by atoms with Gasteiger partial charge in [0.1, 0.15) is 12.6 Å². The van der Waals surface area contributed by atoms with E-state index in [0.717, 1.165) is 22.3 Å². The molecule has 1 aliphatic carbocycles. The number of nitrogens with one attached hydrogen (secondary N) is 2. The Bertz CT molecular complexity index is 1090. The van der Waals surface area contributed by atoms with E-state index in [1.165, 1.54) is 0 Å². The Kier molecular flexibility index (Phi) is 8.49. The third-order valence-corrected chi connectivity index (χ3v) is 6.03. The van der Waals surface area contributed by atoms with Crippen LogP contribution < -0.4 is 10.6 Å². The normalized spacial score (nSPS) is 13.9. The highest BCUT2D eigenvalue weighted by molar-refractivity contribution is 5.91. The van der Waals surface area contributed by atoms with Gasteiger partial charge in [0.05, 0.1) is 6.04 Å². The molecule has 0 spiro atoms. The molecule has 9 heteroatoms. The van der Waals surface area contributed by atoms with Gasteiger partial charge in [-0.2, -0.15) is 0 Å². The number of fused-ring (bicyclic) bond motifs is 3. The van der Waals surface area contributed by atoms with Gasteiger partial charge in [0, 0.05) is 10.8 Å². The molecule has 0 aliphatic heterocycles. The van der Waals surface area contributed by atoms with Crippen molar-refractivity contribution in [2.75, 3.05) is 6.61 Å². The average Bonchev–Trinajstić information content (AvgIpc) is 3.14. The van der Waals surface area contributed by atoms with Crippen LogP contribution in [0.1, 0.15) is 51.2 Å². The van der Waals surface area contributed by atoms with E-state index >= 15 is 0 Å². The summed E-state index contributed by atoms with van der Waals surface area (Å²) < 4.78 is 5.58. The molecular formula is C26H31N5O4. The number of carbonyl (C=O) groups is 3. The second-order valence-corrected chi connectivity index (χ2v) is 9.41. The second-order valence-electron chi connectivity index (χ2n) is 9.41. The fraction of sp³-hybridized carbons (Fsp3) is 0.423. The van der Waals surface area contributed by atoms with E-state index in [9.17, 15) is 14.4 Å². The zero-order valence-corrected chi connectivity index (χ0v) is 20.4. The number of rotatable bonds is 9. The summed E-state index contributed by atoms with van der Waals surface area (Å²) in [5, 5.41) is 8.36. The predicted octanol–water partition coefficient (Wildman–Crippen LogP) is 4.92. The Morgan fingerprint density at radius 1 is 0.971 bits per heavy atom. The highest BCUT2D eigenvalue weighted by Gasteiger charge is 2.31. The molecule has 0 unspecified atom stereocenters. The van der Waals surface area contributed by atoms with Gasteiger partial charge in [-0.3, -0.25) is 9.59 Å². The maximum Gasteiger partial charge on any atom is 0.407 e. The molecule has 184 valence electrons. The quantitative estimate of drug-likeness (QED) is 0.301. The molecule has 0 bridgehead atoms. The minimum atomic E-state index is -0.989. The van der Waals surface area contributed by atoms with Crippen molar-refractivity contribution in [1.82, 2.24) is 10.6 Å². The van der Waals surface area contributed by atoms with E-state index in [1.807, 2.05) is 50.2 Å². The number of ether oxygens (including phenoxy) is 1. The van der Waals surface area contributed by atoms with E-state index in [4.69, 9.17) is 10.3 Å². The number of azide groups is 1. The lowest BCUT2D eigenvalue weighted by molar-refractivity contribution is -0.129. The van der Waals surface area contributed by atoms with Crippen LogP contribution in [0.5, 0.6) is 0 Å². The minimum Gasteiger partial charge on any atom is -0.449 e. The molecule has 2 N–H and O–H groups in total. The second kappa shape index (κ2) is 11.5. The Morgan fingerprint density at radius 3 is 2.06 bits per heavy atom. The van der Waals surface area contributed by atoms with Gasteiger partial charge in [0.15, 0.2) is 0 Å². The molecule has 0 aromatic heterocycles. The summed E-state index contributed by atoms with van der Waals surface area (Å²) in [7, 11) is 0. The number of hydrogen-bond donors (Lipinski definition) is 2. The van der Waals surface area contributed by atoms with E-state index in [2.05, 4.69) is 32.8 Å². The lowest BCUT2D eigenvalue weighted by atomic mass is 9.98. The minimum absolute atomic E-state index is 0.0879. The monoisotopic (exact) mass is 477 g/mol. The van der Waals surface area contributed by atoms with Crippen LogP contribution in [-0.4, -0.2) is 36.6 Å². The molecule has 3 rings (SSSR count). The topological polar surface area (TPSA) is 133 Å². The number of nitrogens with zero attached hydrogens (tertiary/aromatic N) is 3. The highest BCUT2D eigenvalue weighted by Crippen LogP contribution is 2.44. The van der Waals surface area contributed by atoms with Gasteiger partial charge in [-0.15, -0.1) is 0 Å². The molecule has 2 aromatic carbocycles. The molecule has 2 aromatic rings. The number of carbonyl (C=O) groups excluding carboxylic acids is 3. The predicted molar refractivity (Wildman–Crippen MR) is 132 cm³/mol. The van der Waals surface area contributed by atoms with Crippen LogP contribution in [0.25, 0.3) is 21.6 Å². The van der Waals surface area contributed by atoms with Crippen molar-refractivity contribution in [2.24, 2.45) is 17.0 Å². The first-order chi connectivity index (χ1) is 16.7. The smallest absolute Gasteiger partial charge is 0.407 e. The Morgan fingerprint density at radius 2 is 1.54 bits per heavy atom. The lowest BCUT2D eigenvalue weighted by Crippen LogP contribution is -2.53. The van der Waals surface area contributed by atoms with Crippen LogP contribution >= 0.6 is 0 Å². The van der Waals surface area contributed by atoms with Crippen molar-refractivity contribution in [2.45, 2.75) is 52.1 Å². The summed E-state index contributed by atoms with van der Waals surface area (Å²) in [5.74, 6) is -1.62. The van der Waals surface area contributed by atoms with Crippen molar-refractivity contribution >= 4 is 17.9 Å². The highest BCUT2D eigenvalue weighted by atomic mass is 16.5. The molecule has 9 nitrogen and oxygen atoms in total. The van der Waals surface area contributed by atoms with Crippen molar-refractivity contribution in [3.05, 3.63) is 70.1 Å². The molecule has 0 saturated heterocycles. The summed E-state index contributed by atoms with van der Waals surface area (Å²) in [6.45, 7) is 7.42. The van der Waals surface area contributed by atoms with E-state index in [1.54, 1.807) is 13.8 Å². The molecule has 1 aliphatic rings. The van der Waals surface area contributed by atoms with Crippen LogP contribution in [0.3, 0.4) is 0 Å². The first kappa shape index (κ1) is 25.8. The molecule has 0 heterocycles. The van der Waals surface area contributed by atoms with E-state index < -0.39 is 30.0 Å². The number of amides is 3. The number of hydrogen-bond acceptors (Lipinski definition) is 4. The van der Waals surface area contributed by atoms with E-state index in [-0.39, 0.29) is 24.4 Å². The maximum absolute atomic E-state index is 13.0. The molecule has 3 amide bonds. The van der Waals surface area contributed by atoms with Gasteiger partial charge in [-0.25, -0.2) is 4.79 Å². The van der Waals surface area contributed by atoms with Crippen LogP contribution in [0.2, 0.25) is 0 Å². The molecule has 0 saturated carbocycles. The Labute approximate surface area is 204 Å². The summed E-state index contributed by atoms with van der Waals surface area (Å²) in [6, 6.07) is 14.2. The first-order valence-corrected chi connectivity index (χ1v) is 11.7. The average molecular weight is 478 g/mol. The zero-order valence-electron chi connectivity index (χ0n) is 20.4. The first-order valence-electron chi connectivity index (χ1n) is 11.7. The van der Waals surface area contributed by atoms with Crippen molar-refractivity contribution in [1.29, 1.82) is 0 Å². The molecule has 35 heavy (non-hydrogen) atoms. The Balaban J connectivity index is 1.69. The number of benzene rings is 2.